The van der Waals surface area contributed by atoms with E-state index >= 15 is 0 Å². The SMILES string of the molecule is O=S(=O)(Cc1cc(F)ccc1F)NCCn1ccc(C(F)(F)F)n1. The molecule has 1 heterocycles. The second-order valence-corrected chi connectivity index (χ2v) is 6.66. The molecule has 0 aliphatic rings. The fourth-order valence-electron chi connectivity index (χ4n) is 1.86. The van der Waals surface area contributed by atoms with Gasteiger partial charge in [0.15, 0.2) is 5.69 Å². The van der Waals surface area contributed by atoms with Gasteiger partial charge in [-0.15, -0.1) is 0 Å². The van der Waals surface area contributed by atoms with Gasteiger partial charge < -0.3 is 0 Å². The molecule has 2 rings (SSSR count). The highest BCUT2D eigenvalue weighted by Gasteiger charge is 2.33. The van der Waals surface area contributed by atoms with Crippen molar-refractivity contribution < 1.29 is 30.4 Å². The van der Waals surface area contributed by atoms with Crippen molar-refractivity contribution in [3.05, 3.63) is 53.4 Å². The summed E-state index contributed by atoms with van der Waals surface area (Å²) in [6.07, 6.45) is -3.52. The second kappa shape index (κ2) is 6.85. The number of halogens is 5. The van der Waals surface area contributed by atoms with Gasteiger partial charge in [0.1, 0.15) is 11.6 Å². The van der Waals surface area contributed by atoms with E-state index in [2.05, 4.69) is 9.82 Å². The van der Waals surface area contributed by atoms with E-state index in [0.717, 1.165) is 35.1 Å². The lowest BCUT2D eigenvalue weighted by Gasteiger charge is -2.08. The third-order valence-electron chi connectivity index (χ3n) is 2.95. The zero-order chi connectivity index (χ0) is 18.0. The van der Waals surface area contributed by atoms with E-state index in [9.17, 15) is 30.4 Å². The van der Waals surface area contributed by atoms with Crippen LogP contribution in [0.15, 0.2) is 30.5 Å². The largest absolute Gasteiger partial charge is 0.435 e. The van der Waals surface area contributed by atoms with Crippen LogP contribution in [0.5, 0.6) is 0 Å². The first-order valence-corrected chi connectivity index (χ1v) is 8.24. The molecule has 0 aliphatic carbocycles. The second-order valence-electron chi connectivity index (χ2n) is 4.85. The highest BCUT2D eigenvalue weighted by atomic mass is 32.2. The number of hydrogen-bond acceptors (Lipinski definition) is 3. The number of alkyl halides is 3. The monoisotopic (exact) mass is 369 g/mol. The lowest BCUT2D eigenvalue weighted by atomic mass is 10.2. The molecule has 0 saturated heterocycles. The normalized spacial score (nSPS) is 12.5. The Balaban J connectivity index is 1.93. The van der Waals surface area contributed by atoms with Crippen LogP contribution in [0.3, 0.4) is 0 Å². The molecule has 1 aromatic heterocycles. The Morgan fingerprint density at radius 3 is 2.50 bits per heavy atom. The van der Waals surface area contributed by atoms with Crippen molar-refractivity contribution in [2.75, 3.05) is 6.54 Å². The van der Waals surface area contributed by atoms with Gasteiger partial charge in [0.05, 0.1) is 12.3 Å². The molecule has 1 N–H and O–H groups in total. The van der Waals surface area contributed by atoms with Crippen molar-refractivity contribution in [2.24, 2.45) is 0 Å². The van der Waals surface area contributed by atoms with Gasteiger partial charge in [-0.1, -0.05) is 0 Å². The van der Waals surface area contributed by atoms with Crippen molar-refractivity contribution in [1.82, 2.24) is 14.5 Å². The van der Waals surface area contributed by atoms with Crippen molar-refractivity contribution in [3.8, 4) is 0 Å². The van der Waals surface area contributed by atoms with Crippen LogP contribution in [-0.2, 0) is 28.5 Å². The number of hydrogen-bond donors (Lipinski definition) is 1. The van der Waals surface area contributed by atoms with Crippen molar-refractivity contribution in [1.29, 1.82) is 0 Å². The fourth-order valence-corrected chi connectivity index (χ4v) is 3.00. The maximum Gasteiger partial charge on any atom is 0.435 e. The highest BCUT2D eigenvalue weighted by Crippen LogP contribution is 2.27. The number of nitrogens with zero attached hydrogens (tertiary/aromatic N) is 2. The summed E-state index contributed by atoms with van der Waals surface area (Å²) >= 11 is 0. The summed E-state index contributed by atoms with van der Waals surface area (Å²) in [7, 11) is -3.99. The fraction of sp³-hybridized carbons (Fsp3) is 0.308. The molecule has 2 aromatic rings. The van der Waals surface area contributed by atoms with Gasteiger partial charge in [0, 0.05) is 18.3 Å². The van der Waals surface area contributed by atoms with Gasteiger partial charge in [-0.3, -0.25) is 4.68 Å². The average Bonchev–Trinajstić information content (AvgIpc) is 2.91. The Kier molecular flexibility index (Phi) is 5.23. The summed E-state index contributed by atoms with van der Waals surface area (Å²) in [5.41, 5.74) is -1.44. The molecule has 0 amide bonds. The standard InChI is InChI=1S/C13H12F5N3O2S/c14-10-1-2-11(15)9(7-10)8-24(22,23)19-4-6-21-5-3-12(20-21)13(16,17)18/h1-3,5,7,19H,4,6,8H2. The van der Waals surface area contributed by atoms with Crippen LogP contribution in [0.25, 0.3) is 0 Å². The van der Waals surface area contributed by atoms with Crippen molar-refractivity contribution >= 4 is 10.0 Å². The van der Waals surface area contributed by atoms with Crippen LogP contribution in [0.1, 0.15) is 11.3 Å². The molecular weight excluding hydrogens is 357 g/mol. The lowest BCUT2D eigenvalue weighted by molar-refractivity contribution is -0.141. The van der Waals surface area contributed by atoms with Gasteiger partial charge in [-0.25, -0.2) is 21.9 Å². The van der Waals surface area contributed by atoms with E-state index in [0.29, 0.717) is 0 Å². The van der Waals surface area contributed by atoms with Gasteiger partial charge in [0.25, 0.3) is 0 Å². The minimum absolute atomic E-state index is 0.152. The maximum atomic E-state index is 13.4. The molecule has 1 aromatic carbocycles. The first kappa shape index (κ1) is 18.3. The third-order valence-corrected chi connectivity index (χ3v) is 4.28. The van der Waals surface area contributed by atoms with E-state index in [1.54, 1.807) is 0 Å². The van der Waals surface area contributed by atoms with Crippen LogP contribution in [-0.4, -0.2) is 24.7 Å². The summed E-state index contributed by atoms with van der Waals surface area (Å²) in [6, 6.07) is 3.19. The zero-order valence-electron chi connectivity index (χ0n) is 12.0. The predicted molar refractivity (Wildman–Crippen MR) is 74.2 cm³/mol. The predicted octanol–water partition coefficient (Wildman–Crippen LogP) is 2.30. The molecule has 0 saturated carbocycles. The van der Waals surface area contributed by atoms with Gasteiger partial charge in [-0.05, 0) is 24.3 Å². The Bertz CT molecular complexity index is 817. The van der Waals surface area contributed by atoms with Crippen LogP contribution >= 0.6 is 0 Å². The molecule has 0 fully saturated rings. The average molecular weight is 369 g/mol. The van der Waals surface area contributed by atoms with E-state index in [4.69, 9.17) is 0 Å². The first-order valence-electron chi connectivity index (χ1n) is 6.59. The van der Waals surface area contributed by atoms with Crippen LogP contribution in [0, 0.1) is 11.6 Å². The molecule has 0 atom stereocenters. The van der Waals surface area contributed by atoms with Crippen LogP contribution < -0.4 is 4.72 Å². The van der Waals surface area contributed by atoms with Crippen molar-refractivity contribution in [3.63, 3.8) is 0 Å². The van der Waals surface area contributed by atoms with Gasteiger partial charge in [-0.2, -0.15) is 18.3 Å². The molecule has 132 valence electrons. The summed E-state index contributed by atoms with van der Waals surface area (Å²) in [6.45, 7) is -0.404. The van der Waals surface area contributed by atoms with Crippen molar-refractivity contribution in [2.45, 2.75) is 18.5 Å². The van der Waals surface area contributed by atoms with E-state index in [1.807, 2.05) is 0 Å². The molecule has 5 nitrogen and oxygen atoms in total. The van der Waals surface area contributed by atoms with Gasteiger partial charge in [0.2, 0.25) is 10.0 Å². The maximum absolute atomic E-state index is 13.4. The zero-order valence-corrected chi connectivity index (χ0v) is 12.8. The molecule has 11 heteroatoms. The molecule has 0 spiro atoms. The number of nitrogens with one attached hydrogen (secondary N) is 1. The highest BCUT2D eigenvalue weighted by molar-refractivity contribution is 7.88. The Morgan fingerprint density at radius 1 is 1.17 bits per heavy atom. The number of benzene rings is 1. The van der Waals surface area contributed by atoms with E-state index in [-0.39, 0.29) is 18.7 Å². The van der Waals surface area contributed by atoms with Crippen LogP contribution in [0.2, 0.25) is 0 Å². The Morgan fingerprint density at radius 2 is 1.88 bits per heavy atom. The quantitative estimate of drug-likeness (QED) is 0.795. The number of aromatic nitrogens is 2. The van der Waals surface area contributed by atoms with E-state index in [1.165, 1.54) is 0 Å². The summed E-state index contributed by atoms with van der Waals surface area (Å²) in [5, 5.41) is 3.26. The molecule has 24 heavy (non-hydrogen) atoms. The Labute approximate surface area is 134 Å². The Hall–Kier alpha value is -2.01. The molecular formula is C13H12F5N3O2S. The molecule has 0 bridgehead atoms. The topological polar surface area (TPSA) is 64.0 Å². The number of rotatable bonds is 6. The summed E-state index contributed by atoms with van der Waals surface area (Å²) in [4.78, 5) is 0. The smallest absolute Gasteiger partial charge is 0.271 e. The molecule has 0 unspecified atom stereocenters. The molecule has 0 aliphatic heterocycles. The van der Waals surface area contributed by atoms with E-state index < -0.39 is 39.3 Å². The minimum Gasteiger partial charge on any atom is -0.271 e. The lowest BCUT2D eigenvalue weighted by Crippen LogP contribution is -2.29. The summed E-state index contributed by atoms with van der Waals surface area (Å²) in [5.74, 6) is -2.44. The molecule has 0 radical (unpaired) electrons. The minimum atomic E-state index is -4.58. The summed E-state index contributed by atoms with van der Waals surface area (Å²) < 4.78 is 90.2. The number of sulfonamides is 1. The first-order chi connectivity index (χ1) is 11.1. The van der Waals surface area contributed by atoms with Gasteiger partial charge >= 0.3 is 6.18 Å². The third kappa shape index (κ3) is 4.99. The van der Waals surface area contributed by atoms with Crippen LogP contribution in [0.4, 0.5) is 22.0 Å².